The average molecular weight is 203 g/mol. The smallest absolute Gasteiger partial charge is 0.129 e. The molecule has 0 amide bonds. The van der Waals surface area contributed by atoms with E-state index in [2.05, 4.69) is 17.6 Å². The van der Waals surface area contributed by atoms with Crippen molar-refractivity contribution in [3.8, 4) is 0 Å². The number of hydrogen-bond donors (Lipinski definition) is 2. The van der Waals surface area contributed by atoms with E-state index < -0.39 is 0 Å². The summed E-state index contributed by atoms with van der Waals surface area (Å²) in [5.41, 5.74) is 6.63. The van der Waals surface area contributed by atoms with Crippen molar-refractivity contribution in [1.29, 1.82) is 0 Å². The summed E-state index contributed by atoms with van der Waals surface area (Å²) in [7, 11) is 0. The molecule has 0 saturated heterocycles. The van der Waals surface area contributed by atoms with Crippen LogP contribution in [-0.2, 0) is 6.42 Å². The Labute approximate surface area is 82.5 Å². The van der Waals surface area contributed by atoms with Gasteiger partial charge in [0.05, 0.1) is 0 Å². The summed E-state index contributed by atoms with van der Waals surface area (Å²) in [6, 6.07) is 3.73. The van der Waals surface area contributed by atoms with Crippen LogP contribution in [0.2, 0.25) is 5.15 Å². The van der Waals surface area contributed by atoms with Crippen LogP contribution in [0.3, 0.4) is 0 Å². The van der Waals surface area contributed by atoms with E-state index >= 15 is 0 Å². The molecule has 1 aromatic heterocycles. The second kappa shape index (κ2) is 4.70. The van der Waals surface area contributed by atoms with Crippen molar-refractivity contribution in [3.63, 3.8) is 0 Å². The second-order valence-corrected chi connectivity index (χ2v) is 3.65. The van der Waals surface area contributed by atoms with Crippen molar-refractivity contribution in [2.24, 2.45) is 5.73 Å². The van der Waals surface area contributed by atoms with Crippen LogP contribution >= 0.6 is 24.2 Å². The molecule has 0 fully saturated rings. The van der Waals surface area contributed by atoms with E-state index in [4.69, 9.17) is 17.3 Å². The van der Waals surface area contributed by atoms with Crippen LogP contribution in [-0.4, -0.2) is 10.4 Å². The first-order valence-corrected chi connectivity index (χ1v) is 4.62. The fourth-order valence-electron chi connectivity index (χ4n) is 0.869. The van der Waals surface area contributed by atoms with Gasteiger partial charge in [-0.15, -0.1) is 0 Å². The Balaban J connectivity index is 2.48. The number of thiol groups is 1. The first-order chi connectivity index (χ1) is 5.68. The van der Waals surface area contributed by atoms with Crippen molar-refractivity contribution in [2.45, 2.75) is 18.2 Å². The summed E-state index contributed by atoms with van der Waals surface area (Å²) < 4.78 is 0. The summed E-state index contributed by atoms with van der Waals surface area (Å²) in [5.74, 6) is 0. The Hall–Kier alpha value is -0.250. The SMILES string of the molecule is NC(S)CCc1ccc(Cl)nc1. The molecule has 0 aliphatic heterocycles. The molecule has 0 spiro atoms. The number of hydrogen-bond acceptors (Lipinski definition) is 3. The van der Waals surface area contributed by atoms with Gasteiger partial charge in [0.25, 0.3) is 0 Å². The van der Waals surface area contributed by atoms with Gasteiger partial charge >= 0.3 is 0 Å². The maximum atomic E-state index is 5.62. The zero-order chi connectivity index (χ0) is 8.97. The summed E-state index contributed by atoms with van der Waals surface area (Å²) in [4.78, 5) is 3.96. The van der Waals surface area contributed by atoms with E-state index in [1.807, 2.05) is 6.07 Å². The number of aryl methyl sites for hydroxylation is 1. The number of aromatic nitrogens is 1. The highest BCUT2D eigenvalue weighted by Gasteiger charge is 1.97. The van der Waals surface area contributed by atoms with Gasteiger partial charge in [-0.3, -0.25) is 0 Å². The van der Waals surface area contributed by atoms with Gasteiger partial charge < -0.3 is 5.73 Å². The Morgan fingerprint density at radius 2 is 2.33 bits per heavy atom. The Bertz CT molecular complexity index is 235. The van der Waals surface area contributed by atoms with Gasteiger partial charge in [-0.05, 0) is 24.5 Å². The van der Waals surface area contributed by atoms with Crippen LogP contribution in [0.25, 0.3) is 0 Å². The van der Waals surface area contributed by atoms with Crippen molar-refractivity contribution < 1.29 is 0 Å². The maximum absolute atomic E-state index is 5.62. The molecule has 12 heavy (non-hydrogen) atoms. The predicted molar refractivity (Wildman–Crippen MR) is 54.5 cm³/mol. The summed E-state index contributed by atoms with van der Waals surface area (Å²) >= 11 is 9.70. The minimum atomic E-state index is -0.0549. The predicted octanol–water partition coefficient (Wildman–Crippen LogP) is 1.88. The minimum Gasteiger partial charge on any atom is -0.320 e. The Kier molecular flexibility index (Phi) is 3.85. The standard InChI is InChI=1S/C8H11ClN2S/c9-7-3-1-6(5-11-7)2-4-8(10)12/h1,3,5,8,12H,2,4,10H2. The molecular weight excluding hydrogens is 192 g/mol. The van der Waals surface area contributed by atoms with Crippen molar-refractivity contribution in [1.82, 2.24) is 4.98 Å². The van der Waals surface area contributed by atoms with Crippen LogP contribution in [0.4, 0.5) is 0 Å². The lowest BCUT2D eigenvalue weighted by Crippen LogP contribution is -2.12. The van der Waals surface area contributed by atoms with E-state index in [0.29, 0.717) is 5.15 Å². The molecule has 0 radical (unpaired) electrons. The molecule has 1 rings (SSSR count). The summed E-state index contributed by atoms with van der Waals surface area (Å²) in [6.45, 7) is 0. The normalized spacial score (nSPS) is 12.9. The highest BCUT2D eigenvalue weighted by Crippen LogP contribution is 2.08. The number of halogens is 1. The van der Waals surface area contributed by atoms with Crippen LogP contribution in [0.1, 0.15) is 12.0 Å². The molecule has 1 atom stereocenters. The lowest BCUT2D eigenvalue weighted by atomic mass is 10.1. The third-order valence-electron chi connectivity index (χ3n) is 1.52. The number of nitrogens with two attached hydrogens (primary N) is 1. The zero-order valence-electron chi connectivity index (χ0n) is 6.57. The summed E-state index contributed by atoms with van der Waals surface area (Å²) in [6.07, 6.45) is 3.51. The van der Waals surface area contributed by atoms with Crippen LogP contribution < -0.4 is 5.73 Å². The Morgan fingerprint density at radius 1 is 1.58 bits per heavy atom. The maximum Gasteiger partial charge on any atom is 0.129 e. The monoisotopic (exact) mass is 202 g/mol. The van der Waals surface area contributed by atoms with Crippen LogP contribution in [0, 0.1) is 0 Å². The number of pyridine rings is 1. The van der Waals surface area contributed by atoms with Crippen molar-refractivity contribution >= 4 is 24.2 Å². The quantitative estimate of drug-likeness (QED) is 0.446. The van der Waals surface area contributed by atoms with Gasteiger partial charge in [0, 0.05) is 11.6 Å². The molecule has 0 saturated carbocycles. The molecule has 0 aliphatic carbocycles. The van der Waals surface area contributed by atoms with Gasteiger partial charge in [0.15, 0.2) is 0 Å². The number of rotatable bonds is 3. The van der Waals surface area contributed by atoms with Crippen molar-refractivity contribution in [3.05, 3.63) is 29.0 Å². The van der Waals surface area contributed by atoms with Gasteiger partial charge in [-0.25, -0.2) is 4.98 Å². The molecule has 0 bridgehead atoms. The molecule has 2 nitrogen and oxygen atoms in total. The van der Waals surface area contributed by atoms with Crippen molar-refractivity contribution in [2.75, 3.05) is 0 Å². The third kappa shape index (κ3) is 3.43. The molecule has 1 unspecified atom stereocenters. The number of nitrogens with zero attached hydrogens (tertiary/aromatic N) is 1. The second-order valence-electron chi connectivity index (χ2n) is 2.60. The van der Waals surface area contributed by atoms with Gasteiger partial charge in [-0.2, -0.15) is 12.6 Å². The van der Waals surface area contributed by atoms with E-state index in [1.165, 1.54) is 0 Å². The molecule has 1 aromatic rings. The van der Waals surface area contributed by atoms with Gasteiger partial charge in [-0.1, -0.05) is 17.7 Å². The lowest BCUT2D eigenvalue weighted by molar-refractivity contribution is 0.788. The third-order valence-corrected chi connectivity index (χ3v) is 2.00. The van der Waals surface area contributed by atoms with Gasteiger partial charge in [0.2, 0.25) is 0 Å². The fourth-order valence-corrected chi connectivity index (χ4v) is 1.11. The fraction of sp³-hybridized carbons (Fsp3) is 0.375. The Morgan fingerprint density at radius 3 is 2.83 bits per heavy atom. The van der Waals surface area contributed by atoms with E-state index in [9.17, 15) is 0 Å². The highest BCUT2D eigenvalue weighted by atomic mass is 35.5. The van der Waals surface area contributed by atoms with Crippen LogP contribution in [0.15, 0.2) is 18.3 Å². The molecule has 66 valence electrons. The van der Waals surface area contributed by atoms with Crippen LogP contribution in [0.5, 0.6) is 0 Å². The molecule has 0 aliphatic rings. The molecule has 1 heterocycles. The minimum absolute atomic E-state index is 0.0549. The van der Waals surface area contributed by atoms with Gasteiger partial charge in [0.1, 0.15) is 5.15 Å². The van der Waals surface area contributed by atoms with E-state index in [1.54, 1.807) is 12.3 Å². The lowest BCUT2D eigenvalue weighted by Gasteiger charge is -2.03. The average Bonchev–Trinajstić information content (AvgIpc) is 2.03. The topological polar surface area (TPSA) is 38.9 Å². The van der Waals surface area contributed by atoms with E-state index in [-0.39, 0.29) is 5.37 Å². The highest BCUT2D eigenvalue weighted by molar-refractivity contribution is 7.80. The molecular formula is C8H11ClN2S. The first kappa shape index (κ1) is 9.84. The molecule has 0 aromatic carbocycles. The first-order valence-electron chi connectivity index (χ1n) is 3.72. The zero-order valence-corrected chi connectivity index (χ0v) is 8.22. The summed E-state index contributed by atoms with van der Waals surface area (Å²) in [5, 5.41) is 0.467. The van der Waals surface area contributed by atoms with E-state index in [0.717, 1.165) is 18.4 Å². The molecule has 2 N–H and O–H groups in total. The molecule has 4 heteroatoms. The largest absolute Gasteiger partial charge is 0.320 e.